The summed E-state index contributed by atoms with van der Waals surface area (Å²) in [5, 5.41) is 5.72. The van der Waals surface area contributed by atoms with Crippen molar-refractivity contribution in [2.45, 2.75) is 32.6 Å². The predicted octanol–water partition coefficient (Wildman–Crippen LogP) is 2.78. The maximum atomic E-state index is 11.9. The Balaban J connectivity index is 1.58. The molecule has 6 nitrogen and oxygen atoms in total. The van der Waals surface area contributed by atoms with Gasteiger partial charge < -0.3 is 20.4 Å². The number of anilines is 2. The van der Waals surface area contributed by atoms with Gasteiger partial charge in [0, 0.05) is 27.2 Å². The number of hydrogen-bond donors (Lipinski definition) is 2. The van der Waals surface area contributed by atoms with Gasteiger partial charge in [0.2, 0.25) is 0 Å². The number of carbonyl (C=O) groups excluding carboxylic acids is 1. The van der Waals surface area contributed by atoms with Gasteiger partial charge in [0.05, 0.1) is 11.9 Å². The molecule has 1 atom stereocenters. The molecular formula is C18H31N5O. The van der Waals surface area contributed by atoms with E-state index in [1.54, 1.807) is 6.20 Å². The Morgan fingerprint density at radius 3 is 2.88 bits per heavy atom. The Morgan fingerprint density at radius 1 is 1.38 bits per heavy atom. The highest BCUT2D eigenvalue weighted by atomic mass is 16.2. The van der Waals surface area contributed by atoms with Crippen LogP contribution in [0, 0.1) is 5.92 Å². The van der Waals surface area contributed by atoms with E-state index in [2.05, 4.69) is 27.4 Å². The lowest BCUT2D eigenvalue weighted by Gasteiger charge is -2.30. The Bertz CT molecular complexity index is 503. The third kappa shape index (κ3) is 6.35. The second kappa shape index (κ2) is 9.47. The van der Waals surface area contributed by atoms with Crippen molar-refractivity contribution in [3.8, 4) is 0 Å². The smallest absolute Gasteiger partial charge is 0.319 e. The van der Waals surface area contributed by atoms with E-state index < -0.39 is 0 Å². The Morgan fingerprint density at radius 2 is 2.21 bits per heavy atom. The molecule has 2 N–H and O–H groups in total. The van der Waals surface area contributed by atoms with Gasteiger partial charge in [0.1, 0.15) is 5.82 Å². The van der Waals surface area contributed by atoms with E-state index in [4.69, 9.17) is 0 Å². The van der Waals surface area contributed by atoms with Crippen LogP contribution >= 0.6 is 0 Å². The van der Waals surface area contributed by atoms with Gasteiger partial charge in [-0.15, -0.1) is 0 Å². The van der Waals surface area contributed by atoms with Gasteiger partial charge in [-0.05, 0) is 56.8 Å². The van der Waals surface area contributed by atoms with Crippen molar-refractivity contribution >= 4 is 17.5 Å². The quantitative estimate of drug-likeness (QED) is 0.753. The van der Waals surface area contributed by atoms with Gasteiger partial charge in [0.25, 0.3) is 0 Å². The molecule has 6 heteroatoms. The second-order valence-corrected chi connectivity index (χ2v) is 6.94. The van der Waals surface area contributed by atoms with Crippen molar-refractivity contribution in [1.82, 2.24) is 15.2 Å². The van der Waals surface area contributed by atoms with E-state index in [0.717, 1.165) is 31.1 Å². The average Bonchev–Trinajstić information content (AvgIpc) is 2.55. The van der Waals surface area contributed by atoms with Gasteiger partial charge in [-0.3, -0.25) is 0 Å². The topological polar surface area (TPSA) is 60.5 Å². The molecule has 0 aromatic carbocycles. The molecule has 0 bridgehead atoms. The summed E-state index contributed by atoms with van der Waals surface area (Å²) in [5.41, 5.74) is 0.709. The number of nitrogens with one attached hydrogen (secondary N) is 2. The number of unbranched alkanes of at least 4 members (excludes halogenated alkanes) is 1. The van der Waals surface area contributed by atoms with Crippen molar-refractivity contribution in [1.29, 1.82) is 0 Å². The highest BCUT2D eigenvalue weighted by Crippen LogP contribution is 2.15. The number of rotatable bonds is 7. The first-order valence-electron chi connectivity index (χ1n) is 8.95. The molecule has 1 aliphatic rings. The summed E-state index contributed by atoms with van der Waals surface area (Å²) in [6.45, 7) is 6.64. The van der Waals surface area contributed by atoms with Crippen LogP contribution in [0.1, 0.15) is 32.6 Å². The van der Waals surface area contributed by atoms with E-state index in [0.29, 0.717) is 12.2 Å². The molecular weight excluding hydrogens is 302 g/mol. The van der Waals surface area contributed by atoms with Crippen LogP contribution in [0.2, 0.25) is 0 Å². The third-order valence-electron chi connectivity index (χ3n) is 4.39. The molecule has 24 heavy (non-hydrogen) atoms. The van der Waals surface area contributed by atoms with Crippen LogP contribution in [0.15, 0.2) is 18.3 Å². The molecule has 2 rings (SSSR count). The predicted molar refractivity (Wildman–Crippen MR) is 99.7 cm³/mol. The van der Waals surface area contributed by atoms with E-state index in [1.165, 1.54) is 25.9 Å². The number of carbonyl (C=O) groups is 1. The molecule has 134 valence electrons. The normalized spacial score (nSPS) is 18.2. The summed E-state index contributed by atoms with van der Waals surface area (Å²) in [4.78, 5) is 20.6. The number of piperidine rings is 1. The highest BCUT2D eigenvalue weighted by Gasteiger charge is 2.15. The summed E-state index contributed by atoms with van der Waals surface area (Å²) >= 11 is 0. The fraction of sp³-hybridized carbons (Fsp3) is 0.667. The molecule has 1 aromatic heterocycles. The zero-order chi connectivity index (χ0) is 17.4. The molecule has 1 saturated heterocycles. The molecule has 0 unspecified atom stereocenters. The van der Waals surface area contributed by atoms with Gasteiger partial charge in [-0.1, -0.05) is 6.92 Å². The highest BCUT2D eigenvalue weighted by molar-refractivity contribution is 5.89. The number of urea groups is 1. The molecule has 0 radical (unpaired) electrons. The van der Waals surface area contributed by atoms with Crippen LogP contribution in [-0.4, -0.2) is 56.2 Å². The number of amides is 2. The Kier molecular flexibility index (Phi) is 7.31. The zero-order valence-electron chi connectivity index (χ0n) is 15.2. The fourth-order valence-electron chi connectivity index (χ4n) is 3.05. The first-order valence-corrected chi connectivity index (χ1v) is 8.95. The Hall–Kier alpha value is -1.82. The number of nitrogens with zero attached hydrogens (tertiary/aromatic N) is 3. The molecule has 0 saturated carbocycles. The summed E-state index contributed by atoms with van der Waals surface area (Å²) in [6, 6.07) is 3.58. The number of pyridine rings is 1. The minimum Gasteiger partial charge on any atom is -0.363 e. The van der Waals surface area contributed by atoms with Gasteiger partial charge >= 0.3 is 6.03 Å². The molecule has 1 aromatic rings. The van der Waals surface area contributed by atoms with Crippen LogP contribution < -0.4 is 15.5 Å². The number of hydrogen-bond acceptors (Lipinski definition) is 4. The van der Waals surface area contributed by atoms with Crippen LogP contribution in [0.5, 0.6) is 0 Å². The lowest BCUT2D eigenvalue weighted by molar-refractivity contribution is 0.181. The lowest BCUT2D eigenvalue weighted by atomic mass is 10.0. The van der Waals surface area contributed by atoms with Gasteiger partial charge in [-0.2, -0.15) is 0 Å². The maximum absolute atomic E-state index is 11.9. The van der Waals surface area contributed by atoms with Crippen LogP contribution in [-0.2, 0) is 0 Å². The van der Waals surface area contributed by atoms with Crippen molar-refractivity contribution in [3.05, 3.63) is 18.3 Å². The largest absolute Gasteiger partial charge is 0.363 e. The zero-order valence-corrected chi connectivity index (χ0v) is 15.2. The summed E-state index contributed by atoms with van der Waals surface area (Å²) < 4.78 is 0. The fourth-order valence-corrected chi connectivity index (χ4v) is 3.05. The van der Waals surface area contributed by atoms with E-state index in [-0.39, 0.29) is 6.03 Å². The van der Waals surface area contributed by atoms with E-state index in [9.17, 15) is 4.79 Å². The van der Waals surface area contributed by atoms with E-state index >= 15 is 0 Å². The summed E-state index contributed by atoms with van der Waals surface area (Å²) in [7, 11) is 3.87. The summed E-state index contributed by atoms with van der Waals surface area (Å²) in [6.07, 6.45) is 6.50. The molecule has 2 heterocycles. The molecule has 0 spiro atoms. The first-order chi connectivity index (χ1) is 11.5. The van der Waals surface area contributed by atoms with Gasteiger partial charge in [0.15, 0.2) is 0 Å². The molecule has 1 fully saturated rings. The molecule has 1 aliphatic heterocycles. The van der Waals surface area contributed by atoms with Crippen molar-refractivity contribution in [2.24, 2.45) is 5.92 Å². The standard InChI is InChI=1S/C18H31N5O/c1-15-7-6-12-23(14-15)11-5-4-10-19-18(24)21-16-8-9-17(20-13-16)22(2)3/h8-9,13,15H,4-7,10-12,14H2,1-3H3,(H2,19,21,24)/t15-/m1/s1. The number of likely N-dealkylation sites (tertiary alicyclic amines) is 1. The van der Waals surface area contributed by atoms with Crippen molar-refractivity contribution < 1.29 is 4.79 Å². The molecule has 0 aliphatic carbocycles. The Labute approximate surface area is 145 Å². The molecule has 2 amide bonds. The van der Waals surface area contributed by atoms with Crippen molar-refractivity contribution in [3.63, 3.8) is 0 Å². The first kappa shape index (κ1) is 18.5. The monoisotopic (exact) mass is 333 g/mol. The number of aromatic nitrogens is 1. The average molecular weight is 333 g/mol. The minimum atomic E-state index is -0.166. The van der Waals surface area contributed by atoms with Gasteiger partial charge in [-0.25, -0.2) is 9.78 Å². The lowest BCUT2D eigenvalue weighted by Crippen LogP contribution is -2.35. The van der Waals surface area contributed by atoms with Crippen LogP contribution in [0.4, 0.5) is 16.3 Å². The van der Waals surface area contributed by atoms with Crippen LogP contribution in [0.3, 0.4) is 0 Å². The second-order valence-electron chi connectivity index (χ2n) is 6.94. The minimum absolute atomic E-state index is 0.166. The third-order valence-corrected chi connectivity index (χ3v) is 4.39. The summed E-state index contributed by atoms with van der Waals surface area (Å²) in [5.74, 6) is 1.70. The van der Waals surface area contributed by atoms with Crippen molar-refractivity contribution in [2.75, 3.05) is 50.5 Å². The van der Waals surface area contributed by atoms with E-state index in [1.807, 2.05) is 31.1 Å². The van der Waals surface area contributed by atoms with Crippen LogP contribution in [0.25, 0.3) is 0 Å². The maximum Gasteiger partial charge on any atom is 0.319 e. The SMILES string of the molecule is C[C@@H]1CCCN(CCCCNC(=O)Nc2ccc(N(C)C)nc2)C1.